The molecule has 0 saturated carbocycles. The molecule has 7 aromatic carbocycles. The Morgan fingerprint density at radius 2 is 1.11 bits per heavy atom. The van der Waals surface area contributed by atoms with Crippen LogP contribution in [0.4, 0.5) is 22.7 Å². The van der Waals surface area contributed by atoms with Gasteiger partial charge in [-0.05, 0) is 103 Å². The van der Waals surface area contributed by atoms with Gasteiger partial charge in [0.15, 0.2) is 0 Å². The van der Waals surface area contributed by atoms with E-state index >= 15 is 0 Å². The Morgan fingerprint density at radius 1 is 0.529 bits per heavy atom. The fourth-order valence-corrected chi connectivity index (χ4v) is 9.19. The van der Waals surface area contributed by atoms with Crippen LogP contribution in [0, 0.1) is 18.8 Å². The van der Waals surface area contributed by atoms with E-state index in [0.717, 1.165) is 55.7 Å². The molecule has 6 heteroatoms. The van der Waals surface area contributed by atoms with E-state index in [0.29, 0.717) is 28.4 Å². The summed E-state index contributed by atoms with van der Waals surface area (Å²) < 4.78 is 54.1. The number of aromatic nitrogens is 2. The fourth-order valence-electron chi connectivity index (χ4n) is 9.19. The predicted molar refractivity (Wildman–Crippen MR) is 290 cm³/mol. The number of benzene rings is 7. The molecule has 0 amide bonds. The summed E-state index contributed by atoms with van der Waals surface area (Å²) in [5, 5.41) is 2.13. The molecule has 0 aliphatic carbocycles. The molecule has 0 atom stereocenters. The SMILES string of the molecule is [2H]c1c([2H])c([2H])c(-c2cc(C(C)(C)C)cc(-c3cc(C(C)(C)C)cc(C(C)(C)C)c3)c2N2[CH-]N(c3[c-]c(Oc4[c-]c5c(cc4)c4ccccc4n5-c4cc(C(C)(C)C)ccn4)ccc3)c3ccccc32)c([2H])c1[2H].[Pt]. The van der Waals surface area contributed by atoms with E-state index < -0.39 is 6.04 Å². The standard InChI is InChI=1S/C64H63N4O.Pt/c1-61(2,3)44-31-32-65-59(38-44)68-55-26-17-16-25-51(55)52-30-29-50(40-58(52)68)69-49-24-20-23-48(39-49)66-41-67(57-28-19-18-27-56(57)66)60-53(42-21-14-13-15-22-42)36-47(64(10,11)12)37-54(60)43-33-45(62(4,5)6)35-46(34-43)63(7,8)9;/h13-38,41H,1-12H3;/q-3;/i13D,14D,15D,21D,22D;. The van der Waals surface area contributed by atoms with Crippen LogP contribution in [-0.2, 0) is 42.7 Å². The van der Waals surface area contributed by atoms with Crippen LogP contribution in [0.15, 0.2) is 158 Å². The smallest absolute Gasteiger partial charge is 0.135 e. The van der Waals surface area contributed by atoms with Gasteiger partial charge in [0.2, 0.25) is 0 Å². The number of hydrogen-bond donors (Lipinski definition) is 0. The molecule has 3 heterocycles. The van der Waals surface area contributed by atoms with Crippen molar-refractivity contribution < 1.29 is 32.7 Å². The Balaban J connectivity index is 0.00000689. The molecule has 0 radical (unpaired) electrons. The van der Waals surface area contributed by atoms with Crippen LogP contribution in [0.1, 0.15) is 112 Å². The third-order valence-corrected chi connectivity index (χ3v) is 13.2. The van der Waals surface area contributed by atoms with E-state index in [4.69, 9.17) is 13.8 Å². The van der Waals surface area contributed by atoms with Gasteiger partial charge in [-0.25, -0.2) is 4.98 Å². The van der Waals surface area contributed by atoms with Gasteiger partial charge in [0, 0.05) is 72.5 Å². The summed E-state index contributed by atoms with van der Waals surface area (Å²) in [6.45, 7) is 28.4. The molecule has 10 rings (SSSR count). The zero-order valence-corrected chi connectivity index (χ0v) is 44.5. The Kier molecular flexibility index (Phi) is 11.0. The van der Waals surface area contributed by atoms with E-state index in [-0.39, 0.29) is 72.5 Å². The van der Waals surface area contributed by atoms with Crippen molar-refractivity contribution in [2.75, 3.05) is 9.80 Å². The van der Waals surface area contributed by atoms with Crippen molar-refractivity contribution in [1.82, 2.24) is 9.55 Å². The predicted octanol–water partition coefficient (Wildman–Crippen LogP) is 17.5. The molecule has 0 N–H and O–H groups in total. The average molecular weight is 1100 g/mol. The molecule has 0 unspecified atom stereocenters. The molecule has 9 aromatic rings. The van der Waals surface area contributed by atoms with Crippen LogP contribution in [0.25, 0.3) is 49.9 Å². The van der Waals surface area contributed by atoms with Crippen LogP contribution in [0.5, 0.6) is 11.5 Å². The molecular weight excluding hydrogens is 1040 g/mol. The Morgan fingerprint density at radius 3 is 1.77 bits per heavy atom. The van der Waals surface area contributed by atoms with E-state index in [9.17, 15) is 2.74 Å². The molecule has 5 nitrogen and oxygen atoms in total. The van der Waals surface area contributed by atoms with Crippen LogP contribution in [-0.4, -0.2) is 9.55 Å². The number of nitrogens with zero attached hydrogens (tertiary/aromatic N) is 4. The number of anilines is 4. The Hall–Kier alpha value is -6.42. The summed E-state index contributed by atoms with van der Waals surface area (Å²) in [4.78, 5) is 9.04. The number of rotatable bonds is 7. The molecule has 2 aromatic heterocycles. The molecule has 1 aliphatic heterocycles. The van der Waals surface area contributed by atoms with Gasteiger partial charge < -0.3 is 19.1 Å². The molecule has 0 bridgehead atoms. The van der Waals surface area contributed by atoms with Crippen molar-refractivity contribution in [3.05, 3.63) is 199 Å². The maximum absolute atomic E-state index is 9.43. The first-order chi connectivity index (χ1) is 34.8. The van der Waals surface area contributed by atoms with Crippen molar-refractivity contribution >= 4 is 44.6 Å². The van der Waals surface area contributed by atoms with Crippen molar-refractivity contribution in [3.8, 4) is 39.6 Å². The summed E-state index contributed by atoms with van der Waals surface area (Å²) in [7, 11) is 0. The van der Waals surface area contributed by atoms with Gasteiger partial charge in [-0.15, -0.1) is 48.1 Å². The summed E-state index contributed by atoms with van der Waals surface area (Å²) in [5.41, 5.74) is 11.1. The third-order valence-electron chi connectivity index (χ3n) is 13.2. The summed E-state index contributed by atoms with van der Waals surface area (Å²) in [6, 6.07) is 47.1. The van der Waals surface area contributed by atoms with Gasteiger partial charge in [0.25, 0.3) is 0 Å². The third kappa shape index (κ3) is 9.22. The summed E-state index contributed by atoms with van der Waals surface area (Å²) in [6.07, 6.45) is 1.87. The first-order valence-corrected chi connectivity index (χ1v) is 23.9. The van der Waals surface area contributed by atoms with E-state index in [1.165, 1.54) is 16.7 Å². The number of fused-ring (bicyclic) bond motifs is 4. The maximum atomic E-state index is 9.43. The number of para-hydroxylation sites is 3. The summed E-state index contributed by atoms with van der Waals surface area (Å²) >= 11 is 0. The molecule has 70 heavy (non-hydrogen) atoms. The normalized spacial score (nSPS) is 14.2. The molecule has 0 fully saturated rings. The van der Waals surface area contributed by atoms with Crippen LogP contribution in [0.3, 0.4) is 0 Å². The summed E-state index contributed by atoms with van der Waals surface area (Å²) in [5.74, 6) is 1.82. The number of pyridine rings is 1. The van der Waals surface area contributed by atoms with Crippen LogP contribution >= 0.6 is 0 Å². The second-order valence-corrected chi connectivity index (χ2v) is 22.4. The molecular formula is C64H63N4OPt-3. The quantitative estimate of drug-likeness (QED) is 0.149. The molecule has 0 spiro atoms. The first kappa shape index (κ1) is 42.5. The molecule has 358 valence electrons. The largest absolute Gasteiger partial charge is 0.509 e. The fraction of sp³-hybridized carbons (Fsp3) is 0.250. The first-order valence-electron chi connectivity index (χ1n) is 26.4. The minimum Gasteiger partial charge on any atom is -0.509 e. The van der Waals surface area contributed by atoms with E-state index in [1.807, 2.05) is 61.4 Å². The minimum absolute atomic E-state index is 0. The topological polar surface area (TPSA) is 33.5 Å². The second kappa shape index (κ2) is 18.1. The average Bonchev–Trinajstić information content (AvgIpc) is 3.92. The zero-order chi connectivity index (χ0) is 53.0. The van der Waals surface area contributed by atoms with Gasteiger partial charge in [-0.2, -0.15) is 12.1 Å². The monoisotopic (exact) mass is 1100 g/mol. The second-order valence-electron chi connectivity index (χ2n) is 22.4. The molecule has 0 saturated heterocycles. The minimum atomic E-state index is -0.435. The maximum Gasteiger partial charge on any atom is 0.135 e. The van der Waals surface area contributed by atoms with Gasteiger partial charge in [-0.1, -0.05) is 167 Å². The van der Waals surface area contributed by atoms with Gasteiger partial charge >= 0.3 is 0 Å². The van der Waals surface area contributed by atoms with Crippen molar-refractivity contribution in [2.24, 2.45) is 0 Å². The number of hydrogen-bond acceptors (Lipinski definition) is 4. The van der Waals surface area contributed by atoms with E-state index in [2.05, 4.69) is 182 Å². The van der Waals surface area contributed by atoms with Crippen LogP contribution in [0.2, 0.25) is 0 Å². The zero-order valence-electron chi connectivity index (χ0n) is 47.2. The van der Waals surface area contributed by atoms with Gasteiger partial charge in [0.1, 0.15) is 5.82 Å². The van der Waals surface area contributed by atoms with Gasteiger partial charge in [-0.3, -0.25) is 0 Å². The van der Waals surface area contributed by atoms with Crippen molar-refractivity contribution in [1.29, 1.82) is 0 Å². The van der Waals surface area contributed by atoms with Crippen molar-refractivity contribution in [3.63, 3.8) is 0 Å². The van der Waals surface area contributed by atoms with Gasteiger partial charge in [0.05, 0.1) is 6.85 Å². The van der Waals surface area contributed by atoms with Crippen molar-refractivity contribution in [2.45, 2.75) is 105 Å². The Labute approximate surface area is 437 Å². The van der Waals surface area contributed by atoms with Crippen LogP contribution < -0.4 is 14.5 Å². The number of ether oxygens (including phenoxy) is 1. The Bertz CT molecular complexity index is 3640. The molecule has 1 aliphatic rings. The van der Waals surface area contributed by atoms with E-state index in [1.54, 1.807) is 0 Å².